The first-order valence-electron chi connectivity index (χ1n) is 9.98. The Morgan fingerprint density at radius 2 is 2.00 bits per heavy atom. The smallest absolute Gasteiger partial charge is 0.258 e. The summed E-state index contributed by atoms with van der Waals surface area (Å²) in [5, 5.41) is 3.95. The Hall–Kier alpha value is -2.65. The number of pyridine rings is 1. The number of thioether (sulfide) groups is 1. The van der Waals surface area contributed by atoms with Crippen LogP contribution in [0.1, 0.15) is 22.7 Å². The van der Waals surface area contributed by atoms with E-state index >= 15 is 0 Å². The van der Waals surface area contributed by atoms with Gasteiger partial charge in [-0.1, -0.05) is 11.2 Å². The van der Waals surface area contributed by atoms with Gasteiger partial charge in [0, 0.05) is 56.3 Å². The molecule has 3 aromatic rings. The molecule has 8 nitrogen and oxygen atoms in total. The van der Waals surface area contributed by atoms with Crippen LogP contribution in [0, 0.1) is 13.8 Å². The van der Waals surface area contributed by atoms with Gasteiger partial charge >= 0.3 is 0 Å². The molecular formula is C21H25N5O3S. The van der Waals surface area contributed by atoms with Crippen molar-refractivity contribution in [2.45, 2.75) is 26.1 Å². The first-order chi connectivity index (χ1) is 14.5. The summed E-state index contributed by atoms with van der Waals surface area (Å²) < 4.78 is 6.71. The highest BCUT2D eigenvalue weighted by atomic mass is 32.2. The molecule has 1 fully saturated rings. The topological polar surface area (TPSA) is 84.0 Å². The lowest BCUT2D eigenvalue weighted by molar-refractivity contribution is -0.130. The summed E-state index contributed by atoms with van der Waals surface area (Å²) in [4.78, 5) is 33.5. The first kappa shape index (κ1) is 20.6. The van der Waals surface area contributed by atoms with Crippen molar-refractivity contribution >= 4 is 23.3 Å². The molecule has 1 amide bonds. The average molecular weight is 428 g/mol. The van der Waals surface area contributed by atoms with Gasteiger partial charge in [-0.25, -0.2) is 4.98 Å². The molecule has 4 heterocycles. The van der Waals surface area contributed by atoms with E-state index in [4.69, 9.17) is 4.52 Å². The van der Waals surface area contributed by atoms with Crippen LogP contribution in [0.3, 0.4) is 0 Å². The second-order valence-electron chi connectivity index (χ2n) is 7.47. The summed E-state index contributed by atoms with van der Waals surface area (Å²) in [5.74, 6) is 2.17. The predicted octanol–water partition coefficient (Wildman–Crippen LogP) is 1.88. The van der Waals surface area contributed by atoms with E-state index in [0.717, 1.165) is 41.6 Å². The van der Waals surface area contributed by atoms with Crippen LogP contribution in [-0.2, 0) is 17.1 Å². The molecule has 4 rings (SSSR count). The summed E-state index contributed by atoms with van der Waals surface area (Å²) in [7, 11) is 0. The molecule has 0 spiro atoms. The number of rotatable bonds is 6. The van der Waals surface area contributed by atoms with Crippen molar-refractivity contribution in [3.05, 3.63) is 63.5 Å². The van der Waals surface area contributed by atoms with Crippen LogP contribution < -0.4 is 5.56 Å². The Morgan fingerprint density at radius 3 is 2.73 bits per heavy atom. The van der Waals surface area contributed by atoms with E-state index in [1.165, 1.54) is 0 Å². The van der Waals surface area contributed by atoms with Gasteiger partial charge in [0.05, 0.1) is 17.1 Å². The number of carbonyl (C=O) groups excluding carboxylic acids is 1. The summed E-state index contributed by atoms with van der Waals surface area (Å²) >= 11 is 1.60. The maximum absolute atomic E-state index is 12.5. The minimum absolute atomic E-state index is 0.0697. The number of fused-ring (bicyclic) bond motifs is 1. The lowest BCUT2D eigenvalue weighted by Crippen LogP contribution is -2.49. The molecule has 1 saturated heterocycles. The molecule has 0 unspecified atom stereocenters. The molecule has 30 heavy (non-hydrogen) atoms. The average Bonchev–Trinajstić information content (AvgIpc) is 3.06. The molecule has 9 heteroatoms. The SMILES string of the molecule is Cc1noc(C)c1CSCC(=O)N1CCN(Cc2cc(=O)n3ccccc3n2)CC1. The van der Waals surface area contributed by atoms with Gasteiger partial charge in [-0.3, -0.25) is 18.9 Å². The fourth-order valence-corrected chi connectivity index (χ4v) is 4.68. The Labute approximate surface area is 178 Å². The van der Waals surface area contributed by atoms with Crippen molar-refractivity contribution in [2.24, 2.45) is 0 Å². The molecule has 0 saturated carbocycles. The third kappa shape index (κ3) is 4.57. The fraction of sp³-hybridized carbons (Fsp3) is 0.429. The number of amides is 1. The third-order valence-electron chi connectivity index (χ3n) is 5.39. The van der Waals surface area contributed by atoms with Crippen molar-refractivity contribution in [1.82, 2.24) is 24.3 Å². The van der Waals surface area contributed by atoms with Crippen molar-refractivity contribution < 1.29 is 9.32 Å². The zero-order valence-electron chi connectivity index (χ0n) is 17.2. The summed E-state index contributed by atoms with van der Waals surface area (Å²) in [6.45, 7) is 7.37. The van der Waals surface area contributed by atoms with E-state index in [1.54, 1.807) is 28.4 Å². The second-order valence-corrected chi connectivity index (χ2v) is 8.45. The second kappa shape index (κ2) is 9.01. The molecule has 1 aliphatic heterocycles. The molecule has 0 radical (unpaired) electrons. The van der Waals surface area contributed by atoms with Gasteiger partial charge in [-0.2, -0.15) is 0 Å². The van der Waals surface area contributed by atoms with E-state index in [-0.39, 0.29) is 11.5 Å². The van der Waals surface area contributed by atoms with Gasteiger partial charge in [0.1, 0.15) is 11.4 Å². The highest BCUT2D eigenvalue weighted by Crippen LogP contribution is 2.20. The Balaban J connectivity index is 1.26. The number of aromatic nitrogens is 3. The fourth-order valence-electron chi connectivity index (χ4n) is 3.61. The lowest BCUT2D eigenvalue weighted by atomic mass is 10.2. The molecule has 0 N–H and O–H groups in total. The van der Waals surface area contributed by atoms with Gasteiger partial charge in [0.2, 0.25) is 5.91 Å². The van der Waals surface area contributed by atoms with Gasteiger partial charge in [0.25, 0.3) is 5.56 Å². The van der Waals surface area contributed by atoms with Gasteiger partial charge < -0.3 is 9.42 Å². The highest BCUT2D eigenvalue weighted by Gasteiger charge is 2.22. The van der Waals surface area contributed by atoms with Crippen LogP contribution in [0.25, 0.3) is 5.65 Å². The Kier molecular flexibility index (Phi) is 6.19. The van der Waals surface area contributed by atoms with Crippen molar-refractivity contribution in [2.75, 3.05) is 31.9 Å². The summed E-state index contributed by atoms with van der Waals surface area (Å²) in [6, 6.07) is 7.12. The maximum Gasteiger partial charge on any atom is 0.258 e. The van der Waals surface area contributed by atoms with Crippen LogP contribution in [0.4, 0.5) is 0 Å². The van der Waals surface area contributed by atoms with Crippen LogP contribution >= 0.6 is 11.8 Å². The van der Waals surface area contributed by atoms with Crippen LogP contribution in [-0.4, -0.2) is 62.2 Å². The van der Waals surface area contributed by atoms with E-state index in [2.05, 4.69) is 15.0 Å². The largest absolute Gasteiger partial charge is 0.361 e. The van der Waals surface area contributed by atoms with Crippen LogP contribution in [0.15, 0.2) is 39.8 Å². The first-order valence-corrected chi connectivity index (χ1v) is 11.1. The van der Waals surface area contributed by atoms with Crippen molar-refractivity contribution in [1.29, 1.82) is 0 Å². The molecule has 0 atom stereocenters. The number of carbonyl (C=O) groups is 1. The third-order valence-corrected chi connectivity index (χ3v) is 6.33. The number of hydrogen-bond donors (Lipinski definition) is 0. The summed E-state index contributed by atoms with van der Waals surface area (Å²) in [5.41, 5.74) is 3.32. The standard InChI is InChI=1S/C21H25N5O3S/c1-15-18(16(2)29-23-15)13-30-14-21(28)25-9-7-24(8-10-25)12-17-11-20(27)26-6-4-3-5-19(26)22-17/h3-6,11H,7-10,12-14H2,1-2H3. The Morgan fingerprint density at radius 1 is 1.20 bits per heavy atom. The van der Waals surface area contributed by atoms with E-state index < -0.39 is 0 Å². The zero-order valence-corrected chi connectivity index (χ0v) is 18.0. The van der Waals surface area contributed by atoms with Gasteiger partial charge in [-0.15, -0.1) is 11.8 Å². The maximum atomic E-state index is 12.5. The number of hydrogen-bond acceptors (Lipinski definition) is 7. The zero-order chi connectivity index (χ0) is 21.1. The molecule has 3 aromatic heterocycles. The number of nitrogens with zero attached hydrogens (tertiary/aromatic N) is 5. The van der Waals surface area contributed by atoms with Crippen molar-refractivity contribution in [3.8, 4) is 0 Å². The monoisotopic (exact) mass is 427 g/mol. The van der Waals surface area contributed by atoms with Crippen LogP contribution in [0.5, 0.6) is 0 Å². The molecule has 158 valence electrons. The predicted molar refractivity (Wildman–Crippen MR) is 115 cm³/mol. The quantitative estimate of drug-likeness (QED) is 0.594. The van der Waals surface area contributed by atoms with E-state index in [0.29, 0.717) is 31.0 Å². The number of piperazine rings is 1. The van der Waals surface area contributed by atoms with Gasteiger partial charge in [-0.05, 0) is 26.0 Å². The molecule has 0 bridgehead atoms. The molecule has 0 aliphatic carbocycles. The molecule has 0 aromatic carbocycles. The highest BCUT2D eigenvalue weighted by molar-refractivity contribution is 7.99. The normalized spacial score (nSPS) is 15.1. The van der Waals surface area contributed by atoms with Crippen LogP contribution in [0.2, 0.25) is 0 Å². The van der Waals surface area contributed by atoms with Crippen molar-refractivity contribution in [3.63, 3.8) is 0 Å². The minimum Gasteiger partial charge on any atom is -0.361 e. The van der Waals surface area contributed by atoms with Gasteiger partial charge in [0.15, 0.2) is 0 Å². The summed E-state index contributed by atoms with van der Waals surface area (Å²) in [6.07, 6.45) is 1.72. The number of aryl methyl sites for hydroxylation is 2. The van der Waals surface area contributed by atoms with E-state index in [9.17, 15) is 9.59 Å². The Bertz CT molecular complexity index is 1080. The lowest BCUT2D eigenvalue weighted by Gasteiger charge is -2.34. The molecular weight excluding hydrogens is 402 g/mol. The minimum atomic E-state index is -0.0697. The van der Waals surface area contributed by atoms with E-state index in [1.807, 2.05) is 36.9 Å². The molecule has 1 aliphatic rings.